The number of aromatic nitrogens is 4. The molecule has 0 aliphatic carbocycles. The molecule has 21 heavy (non-hydrogen) atoms. The van der Waals surface area contributed by atoms with E-state index in [1.165, 1.54) is 0 Å². The van der Waals surface area contributed by atoms with Crippen LogP contribution in [0.25, 0.3) is 11.4 Å². The number of anilines is 1. The number of benzene rings is 2. The number of nitrogens with two attached hydrogens (primary N) is 1. The lowest BCUT2D eigenvalue weighted by molar-refractivity contribution is 0.653. The Morgan fingerprint density at radius 3 is 2.81 bits per heavy atom. The van der Waals surface area contributed by atoms with Gasteiger partial charge in [-0.15, -0.1) is 5.10 Å². The Balaban J connectivity index is 1.97. The molecule has 0 unspecified atom stereocenters. The summed E-state index contributed by atoms with van der Waals surface area (Å²) in [6.45, 7) is 0.558. The Morgan fingerprint density at radius 1 is 1.19 bits per heavy atom. The second-order valence-corrected chi connectivity index (χ2v) is 5.85. The van der Waals surface area contributed by atoms with Gasteiger partial charge in [-0.1, -0.05) is 39.7 Å². The Kier molecular flexibility index (Phi) is 3.90. The number of hydrogen-bond donors (Lipinski definition) is 1. The topological polar surface area (TPSA) is 69.6 Å². The fourth-order valence-corrected chi connectivity index (χ4v) is 2.75. The van der Waals surface area contributed by atoms with Gasteiger partial charge in [-0.25, -0.2) is 4.68 Å². The van der Waals surface area contributed by atoms with Crippen LogP contribution >= 0.6 is 27.5 Å². The largest absolute Gasteiger partial charge is 0.399 e. The van der Waals surface area contributed by atoms with Crippen LogP contribution in [0.2, 0.25) is 5.02 Å². The summed E-state index contributed by atoms with van der Waals surface area (Å²) < 4.78 is 2.72. The molecule has 0 aliphatic rings. The molecular formula is C14H11BrClN5. The Labute approximate surface area is 134 Å². The maximum Gasteiger partial charge on any atom is 0.183 e. The second kappa shape index (κ2) is 5.83. The maximum atomic E-state index is 6.22. The zero-order valence-electron chi connectivity index (χ0n) is 10.9. The first kappa shape index (κ1) is 14.0. The van der Waals surface area contributed by atoms with E-state index in [0.717, 1.165) is 15.6 Å². The highest BCUT2D eigenvalue weighted by molar-refractivity contribution is 9.10. The van der Waals surface area contributed by atoms with E-state index in [-0.39, 0.29) is 0 Å². The highest BCUT2D eigenvalue weighted by Crippen LogP contribution is 2.28. The van der Waals surface area contributed by atoms with E-state index in [9.17, 15) is 0 Å². The molecule has 0 saturated heterocycles. The van der Waals surface area contributed by atoms with E-state index in [4.69, 9.17) is 17.3 Å². The highest BCUT2D eigenvalue weighted by atomic mass is 79.9. The SMILES string of the molecule is Nc1ccc(-c2nnnn2Cc2cccc(Br)c2)c(Cl)c1. The molecule has 7 heteroatoms. The van der Waals surface area contributed by atoms with Gasteiger partial charge in [0.2, 0.25) is 0 Å². The summed E-state index contributed by atoms with van der Waals surface area (Å²) in [5.74, 6) is 0.611. The van der Waals surface area contributed by atoms with E-state index in [1.54, 1.807) is 16.8 Å². The van der Waals surface area contributed by atoms with Crippen molar-refractivity contribution in [1.29, 1.82) is 0 Å². The first-order valence-corrected chi connectivity index (χ1v) is 7.36. The van der Waals surface area contributed by atoms with Crippen molar-refractivity contribution >= 4 is 33.2 Å². The molecule has 5 nitrogen and oxygen atoms in total. The van der Waals surface area contributed by atoms with Gasteiger partial charge in [0.1, 0.15) is 0 Å². The van der Waals surface area contributed by atoms with E-state index >= 15 is 0 Å². The predicted molar refractivity (Wildman–Crippen MR) is 85.9 cm³/mol. The zero-order valence-corrected chi connectivity index (χ0v) is 13.2. The van der Waals surface area contributed by atoms with Crippen LogP contribution in [0.1, 0.15) is 5.56 Å². The van der Waals surface area contributed by atoms with Crippen molar-refractivity contribution < 1.29 is 0 Å². The van der Waals surface area contributed by atoms with Crippen molar-refractivity contribution in [2.75, 3.05) is 5.73 Å². The standard InChI is InChI=1S/C14H11BrClN5/c15-10-3-1-2-9(6-10)8-21-14(18-19-20-21)12-5-4-11(17)7-13(12)16/h1-7H,8,17H2. The van der Waals surface area contributed by atoms with Crippen molar-refractivity contribution in [3.05, 3.63) is 57.5 Å². The molecular weight excluding hydrogens is 354 g/mol. The lowest BCUT2D eigenvalue weighted by Crippen LogP contribution is -2.04. The molecule has 2 aromatic carbocycles. The minimum absolute atomic E-state index is 0.528. The molecule has 0 fully saturated rings. The van der Waals surface area contributed by atoms with Crippen molar-refractivity contribution in [3.63, 3.8) is 0 Å². The summed E-state index contributed by atoms with van der Waals surface area (Å²) in [5.41, 5.74) is 8.16. The third-order valence-corrected chi connectivity index (χ3v) is 3.79. The Hall–Kier alpha value is -1.92. The van der Waals surface area contributed by atoms with Gasteiger partial charge >= 0.3 is 0 Å². The molecule has 0 spiro atoms. The van der Waals surface area contributed by atoms with Crippen molar-refractivity contribution in [3.8, 4) is 11.4 Å². The monoisotopic (exact) mass is 363 g/mol. The van der Waals surface area contributed by atoms with Gasteiger partial charge in [0.15, 0.2) is 5.82 Å². The number of nitrogen functional groups attached to an aromatic ring is 1. The van der Waals surface area contributed by atoms with Crippen molar-refractivity contribution in [2.45, 2.75) is 6.54 Å². The van der Waals surface area contributed by atoms with Crippen LogP contribution in [0.4, 0.5) is 5.69 Å². The van der Waals surface area contributed by atoms with E-state index in [1.807, 2.05) is 30.3 Å². The van der Waals surface area contributed by atoms with Gasteiger partial charge < -0.3 is 5.73 Å². The van der Waals surface area contributed by atoms with Gasteiger partial charge in [-0.3, -0.25) is 0 Å². The minimum Gasteiger partial charge on any atom is -0.399 e. The summed E-state index contributed by atoms with van der Waals surface area (Å²) in [5, 5.41) is 12.4. The number of rotatable bonds is 3. The number of nitrogens with zero attached hydrogens (tertiary/aromatic N) is 4. The van der Waals surface area contributed by atoms with Crippen LogP contribution < -0.4 is 5.73 Å². The van der Waals surface area contributed by atoms with E-state index < -0.39 is 0 Å². The van der Waals surface area contributed by atoms with Crippen LogP contribution in [0.15, 0.2) is 46.9 Å². The molecule has 2 N–H and O–H groups in total. The first-order chi connectivity index (χ1) is 10.1. The van der Waals surface area contributed by atoms with Crippen LogP contribution in [-0.4, -0.2) is 20.2 Å². The molecule has 3 rings (SSSR count). The molecule has 0 atom stereocenters. The smallest absolute Gasteiger partial charge is 0.183 e. The zero-order chi connectivity index (χ0) is 14.8. The summed E-state index contributed by atoms with van der Waals surface area (Å²) in [6, 6.07) is 13.3. The molecule has 106 valence electrons. The highest BCUT2D eigenvalue weighted by Gasteiger charge is 2.13. The van der Waals surface area contributed by atoms with Crippen LogP contribution in [0, 0.1) is 0 Å². The fourth-order valence-electron chi connectivity index (χ4n) is 2.02. The first-order valence-electron chi connectivity index (χ1n) is 6.19. The Bertz CT molecular complexity index is 787. The van der Waals surface area contributed by atoms with Gasteiger partial charge in [0.25, 0.3) is 0 Å². The molecule has 0 bridgehead atoms. The van der Waals surface area contributed by atoms with Crippen molar-refractivity contribution in [1.82, 2.24) is 20.2 Å². The van der Waals surface area contributed by atoms with Gasteiger partial charge in [-0.2, -0.15) is 0 Å². The Morgan fingerprint density at radius 2 is 2.05 bits per heavy atom. The third-order valence-electron chi connectivity index (χ3n) is 2.99. The third kappa shape index (κ3) is 3.06. The van der Waals surface area contributed by atoms with Crippen LogP contribution in [-0.2, 0) is 6.54 Å². The fraction of sp³-hybridized carbons (Fsp3) is 0.0714. The quantitative estimate of drug-likeness (QED) is 0.723. The summed E-state index contributed by atoms with van der Waals surface area (Å²) >= 11 is 9.68. The minimum atomic E-state index is 0.528. The summed E-state index contributed by atoms with van der Waals surface area (Å²) in [6.07, 6.45) is 0. The number of halogens is 2. The molecule has 3 aromatic rings. The van der Waals surface area contributed by atoms with Gasteiger partial charge in [-0.05, 0) is 46.3 Å². The molecule has 1 aromatic heterocycles. The van der Waals surface area contributed by atoms with Crippen LogP contribution in [0.3, 0.4) is 0 Å². The van der Waals surface area contributed by atoms with Crippen LogP contribution in [0.5, 0.6) is 0 Å². The lowest BCUT2D eigenvalue weighted by Gasteiger charge is -2.07. The summed E-state index contributed by atoms with van der Waals surface area (Å²) in [4.78, 5) is 0. The molecule has 0 saturated carbocycles. The van der Waals surface area contributed by atoms with E-state index in [2.05, 4.69) is 31.5 Å². The average molecular weight is 365 g/mol. The molecule has 1 heterocycles. The van der Waals surface area contributed by atoms with E-state index in [0.29, 0.717) is 23.1 Å². The average Bonchev–Trinajstić information content (AvgIpc) is 2.87. The van der Waals surface area contributed by atoms with Crippen molar-refractivity contribution in [2.24, 2.45) is 0 Å². The number of hydrogen-bond acceptors (Lipinski definition) is 4. The summed E-state index contributed by atoms with van der Waals surface area (Å²) in [7, 11) is 0. The van der Waals surface area contributed by atoms with Gasteiger partial charge in [0, 0.05) is 15.7 Å². The van der Waals surface area contributed by atoms with Gasteiger partial charge in [0.05, 0.1) is 11.6 Å². The molecule has 0 aliphatic heterocycles. The number of tetrazole rings is 1. The molecule has 0 amide bonds. The second-order valence-electron chi connectivity index (χ2n) is 4.53. The normalized spacial score (nSPS) is 10.8. The lowest BCUT2D eigenvalue weighted by atomic mass is 10.2. The maximum absolute atomic E-state index is 6.22. The predicted octanol–water partition coefficient (Wildman–Crippen LogP) is 3.39. The molecule has 0 radical (unpaired) electrons.